The van der Waals surface area contributed by atoms with E-state index in [1.165, 1.54) is 0 Å². The van der Waals surface area contributed by atoms with Crippen molar-refractivity contribution in [3.05, 3.63) is 0 Å². The van der Waals surface area contributed by atoms with Gasteiger partial charge in [-0.15, -0.1) is 0 Å². The second kappa shape index (κ2) is 4.09. The highest BCUT2D eigenvalue weighted by atomic mass is 19.3. The lowest BCUT2D eigenvalue weighted by molar-refractivity contribution is -0.135. The lowest BCUT2D eigenvalue weighted by Gasteiger charge is -2.05. The number of aliphatic hydroxyl groups excluding tert-OH is 1. The molecule has 0 spiro atoms. The number of carbonyl (C=O) groups is 2. The van der Waals surface area contributed by atoms with Crippen molar-refractivity contribution >= 4 is 17.8 Å². The summed E-state index contributed by atoms with van der Waals surface area (Å²) in [6, 6.07) is 0. The minimum atomic E-state index is -2.91. The molecule has 8 heteroatoms. The first-order valence-electron chi connectivity index (χ1n) is 3.63. The standard InChI is InChI=1S/C6H7F2N3O3/c7-3(8)2(12)1-9-6-10-4(13)5(14)11-6/h2-3,12H,1H2,(H2,9,10,11,13,14). The molecule has 78 valence electrons. The van der Waals surface area contributed by atoms with Crippen molar-refractivity contribution in [3.8, 4) is 0 Å². The number of hydrogen-bond donors (Lipinski definition) is 3. The molecule has 1 rings (SSSR count). The van der Waals surface area contributed by atoms with E-state index in [0.29, 0.717) is 0 Å². The average Bonchev–Trinajstić information content (AvgIpc) is 2.42. The Morgan fingerprint density at radius 1 is 1.29 bits per heavy atom. The predicted octanol–water partition coefficient (Wildman–Crippen LogP) is -1.79. The van der Waals surface area contributed by atoms with Crippen LogP contribution in [-0.2, 0) is 9.59 Å². The Balaban J connectivity index is 2.47. The van der Waals surface area contributed by atoms with Gasteiger partial charge in [0, 0.05) is 0 Å². The molecule has 6 nitrogen and oxygen atoms in total. The maximum Gasteiger partial charge on any atom is 0.316 e. The number of alkyl halides is 2. The highest BCUT2D eigenvalue weighted by Crippen LogP contribution is 2.00. The summed E-state index contributed by atoms with van der Waals surface area (Å²) < 4.78 is 23.5. The number of rotatable bonds is 3. The molecule has 0 saturated carbocycles. The zero-order chi connectivity index (χ0) is 10.7. The van der Waals surface area contributed by atoms with Gasteiger partial charge >= 0.3 is 11.8 Å². The molecule has 1 aliphatic rings. The van der Waals surface area contributed by atoms with Crippen LogP contribution in [0.1, 0.15) is 0 Å². The molecule has 1 heterocycles. The highest BCUT2D eigenvalue weighted by Gasteiger charge is 2.25. The lowest BCUT2D eigenvalue weighted by atomic mass is 10.4. The predicted molar refractivity (Wildman–Crippen MR) is 40.6 cm³/mol. The first kappa shape index (κ1) is 10.5. The summed E-state index contributed by atoms with van der Waals surface area (Å²) in [6.07, 6.45) is -4.82. The van der Waals surface area contributed by atoms with Gasteiger partial charge in [0.1, 0.15) is 6.10 Å². The Bertz CT molecular complexity index is 274. The fraction of sp³-hybridized carbons (Fsp3) is 0.500. The summed E-state index contributed by atoms with van der Waals surface area (Å²) >= 11 is 0. The van der Waals surface area contributed by atoms with Crippen molar-refractivity contribution in [3.63, 3.8) is 0 Å². The normalized spacial score (nSPS) is 18.1. The molecule has 0 aliphatic carbocycles. The summed E-state index contributed by atoms with van der Waals surface area (Å²) in [5.74, 6) is -2.04. The third-order valence-corrected chi connectivity index (χ3v) is 1.40. The van der Waals surface area contributed by atoms with E-state index in [1.54, 1.807) is 0 Å². The number of nitrogens with zero attached hydrogens (tertiary/aromatic N) is 1. The van der Waals surface area contributed by atoms with Crippen molar-refractivity contribution in [2.24, 2.45) is 4.99 Å². The van der Waals surface area contributed by atoms with Crippen LogP contribution in [-0.4, -0.2) is 42.0 Å². The van der Waals surface area contributed by atoms with Gasteiger partial charge in [0.15, 0.2) is 0 Å². The lowest BCUT2D eigenvalue weighted by Crippen LogP contribution is -2.29. The van der Waals surface area contributed by atoms with E-state index in [-0.39, 0.29) is 5.96 Å². The van der Waals surface area contributed by atoms with Gasteiger partial charge in [-0.25, -0.2) is 13.8 Å². The van der Waals surface area contributed by atoms with Crippen LogP contribution in [0, 0.1) is 0 Å². The number of aliphatic hydroxyl groups is 1. The van der Waals surface area contributed by atoms with Gasteiger partial charge in [0.2, 0.25) is 5.96 Å². The Labute approximate surface area is 77.0 Å². The minimum Gasteiger partial charge on any atom is -0.385 e. The number of halogens is 2. The molecule has 0 aromatic rings. The van der Waals surface area contributed by atoms with Crippen LogP contribution >= 0.6 is 0 Å². The van der Waals surface area contributed by atoms with E-state index in [1.807, 2.05) is 10.6 Å². The van der Waals surface area contributed by atoms with Gasteiger partial charge in [-0.2, -0.15) is 0 Å². The molecule has 1 fully saturated rings. The number of carbonyl (C=O) groups excluding carboxylic acids is 2. The maximum atomic E-state index is 11.8. The Hall–Kier alpha value is -1.57. The van der Waals surface area contributed by atoms with Crippen LogP contribution in [0.15, 0.2) is 4.99 Å². The molecule has 1 aliphatic heterocycles. The van der Waals surface area contributed by atoms with E-state index < -0.39 is 30.9 Å². The van der Waals surface area contributed by atoms with Gasteiger partial charge in [0.25, 0.3) is 6.43 Å². The van der Waals surface area contributed by atoms with Crippen molar-refractivity contribution < 1.29 is 23.5 Å². The smallest absolute Gasteiger partial charge is 0.316 e. The number of nitrogens with one attached hydrogen (secondary N) is 2. The van der Waals surface area contributed by atoms with Gasteiger partial charge < -0.3 is 5.11 Å². The Morgan fingerprint density at radius 2 is 1.79 bits per heavy atom. The summed E-state index contributed by atoms with van der Waals surface area (Å²) in [5.41, 5.74) is 0. The van der Waals surface area contributed by atoms with Crippen molar-refractivity contribution in [1.82, 2.24) is 10.6 Å². The van der Waals surface area contributed by atoms with Gasteiger partial charge in [-0.1, -0.05) is 0 Å². The summed E-state index contributed by atoms with van der Waals surface area (Å²) in [5, 5.41) is 12.6. The van der Waals surface area contributed by atoms with Gasteiger partial charge in [0.05, 0.1) is 6.54 Å². The molecule has 2 amide bonds. The topological polar surface area (TPSA) is 90.8 Å². The molecule has 0 aromatic carbocycles. The third kappa shape index (κ3) is 2.46. The molecule has 1 unspecified atom stereocenters. The van der Waals surface area contributed by atoms with Gasteiger partial charge in [-0.3, -0.25) is 20.2 Å². The first-order chi connectivity index (χ1) is 6.50. The molecular weight excluding hydrogens is 200 g/mol. The summed E-state index contributed by atoms with van der Waals surface area (Å²) in [4.78, 5) is 24.5. The molecule has 0 bridgehead atoms. The third-order valence-electron chi connectivity index (χ3n) is 1.40. The highest BCUT2D eigenvalue weighted by molar-refractivity contribution is 6.45. The van der Waals surface area contributed by atoms with Crippen LogP contribution in [0.5, 0.6) is 0 Å². The van der Waals surface area contributed by atoms with E-state index >= 15 is 0 Å². The maximum absolute atomic E-state index is 11.8. The summed E-state index contributed by atoms with van der Waals surface area (Å²) in [7, 11) is 0. The number of hydrogen-bond acceptors (Lipinski definition) is 4. The second-order valence-corrected chi connectivity index (χ2v) is 2.50. The van der Waals surface area contributed by atoms with E-state index in [4.69, 9.17) is 5.11 Å². The fourth-order valence-corrected chi connectivity index (χ4v) is 0.703. The zero-order valence-corrected chi connectivity index (χ0v) is 6.83. The second-order valence-electron chi connectivity index (χ2n) is 2.50. The molecular formula is C6H7F2N3O3. The minimum absolute atomic E-state index is 0.222. The molecule has 1 saturated heterocycles. The summed E-state index contributed by atoms with van der Waals surface area (Å²) in [6.45, 7) is -0.590. The van der Waals surface area contributed by atoms with E-state index in [0.717, 1.165) is 0 Å². The number of guanidine groups is 1. The SMILES string of the molecule is O=C1NC(=NCC(O)C(F)F)NC1=O. The molecule has 14 heavy (non-hydrogen) atoms. The Morgan fingerprint density at radius 3 is 2.21 bits per heavy atom. The number of amides is 2. The molecule has 0 aromatic heterocycles. The van der Waals surface area contributed by atoms with Crippen LogP contribution < -0.4 is 10.6 Å². The number of aliphatic imine (C=N–C) groups is 1. The fourth-order valence-electron chi connectivity index (χ4n) is 0.703. The van der Waals surface area contributed by atoms with Gasteiger partial charge in [-0.05, 0) is 0 Å². The van der Waals surface area contributed by atoms with Crippen molar-refractivity contribution in [1.29, 1.82) is 0 Å². The Kier molecular flexibility index (Phi) is 3.07. The van der Waals surface area contributed by atoms with Crippen LogP contribution in [0.3, 0.4) is 0 Å². The van der Waals surface area contributed by atoms with Crippen molar-refractivity contribution in [2.75, 3.05) is 6.54 Å². The first-order valence-corrected chi connectivity index (χ1v) is 3.63. The largest absolute Gasteiger partial charge is 0.385 e. The van der Waals surface area contributed by atoms with E-state index in [2.05, 4.69) is 4.99 Å². The van der Waals surface area contributed by atoms with Crippen molar-refractivity contribution in [2.45, 2.75) is 12.5 Å². The molecule has 0 radical (unpaired) electrons. The quantitative estimate of drug-likeness (QED) is 0.477. The van der Waals surface area contributed by atoms with E-state index in [9.17, 15) is 18.4 Å². The van der Waals surface area contributed by atoms with Crippen LogP contribution in [0.4, 0.5) is 8.78 Å². The van der Waals surface area contributed by atoms with Crippen LogP contribution in [0.25, 0.3) is 0 Å². The monoisotopic (exact) mass is 207 g/mol. The zero-order valence-electron chi connectivity index (χ0n) is 6.83. The molecule has 1 atom stereocenters. The average molecular weight is 207 g/mol. The molecule has 3 N–H and O–H groups in total. The van der Waals surface area contributed by atoms with Crippen LogP contribution in [0.2, 0.25) is 0 Å².